The monoisotopic (exact) mass is 271 g/mol. The lowest BCUT2D eigenvalue weighted by Crippen LogP contribution is -2.00. The molecule has 0 saturated carbocycles. The molecule has 0 atom stereocenters. The average molecular weight is 271 g/mol. The van der Waals surface area contributed by atoms with Crippen molar-refractivity contribution in [3.05, 3.63) is 53.5 Å². The number of aromatic carboxylic acids is 1. The molecule has 2 aromatic rings. The average Bonchev–Trinajstić information content (AvgIpc) is 2.45. The first kappa shape index (κ1) is 13.1. The molecule has 2 heterocycles. The Bertz CT molecular complexity index is 652. The van der Waals surface area contributed by atoms with Gasteiger partial charge in [-0.15, -0.1) is 11.8 Å². The second-order valence-electron chi connectivity index (χ2n) is 3.57. The number of thioether (sulfide) groups is 1. The van der Waals surface area contributed by atoms with E-state index in [1.807, 2.05) is 6.07 Å². The summed E-state index contributed by atoms with van der Waals surface area (Å²) >= 11 is 1.27. The highest BCUT2D eigenvalue weighted by atomic mass is 32.2. The Morgan fingerprint density at radius 2 is 2.05 bits per heavy atom. The zero-order chi connectivity index (χ0) is 13.7. The zero-order valence-corrected chi connectivity index (χ0v) is 10.6. The molecule has 0 aliphatic rings. The number of carbonyl (C=O) groups is 1. The third-order valence-electron chi connectivity index (χ3n) is 2.36. The van der Waals surface area contributed by atoms with Crippen molar-refractivity contribution in [1.82, 2.24) is 9.97 Å². The summed E-state index contributed by atoms with van der Waals surface area (Å²) < 4.78 is 0. The van der Waals surface area contributed by atoms with Crippen LogP contribution in [0.25, 0.3) is 0 Å². The van der Waals surface area contributed by atoms with E-state index in [0.717, 1.165) is 5.56 Å². The molecule has 0 fully saturated rings. The summed E-state index contributed by atoms with van der Waals surface area (Å²) in [6.45, 7) is 0. The molecule has 0 aromatic carbocycles. The van der Waals surface area contributed by atoms with E-state index in [0.29, 0.717) is 16.5 Å². The maximum absolute atomic E-state index is 11.0. The van der Waals surface area contributed by atoms with Crippen LogP contribution < -0.4 is 0 Å². The van der Waals surface area contributed by atoms with Gasteiger partial charge in [-0.05, 0) is 23.8 Å². The van der Waals surface area contributed by atoms with E-state index in [-0.39, 0.29) is 5.56 Å². The van der Waals surface area contributed by atoms with Crippen molar-refractivity contribution >= 4 is 17.7 Å². The number of hydrogen-bond donors (Lipinski definition) is 1. The molecular weight excluding hydrogens is 262 g/mol. The van der Waals surface area contributed by atoms with Gasteiger partial charge in [0.15, 0.2) is 0 Å². The van der Waals surface area contributed by atoms with Gasteiger partial charge >= 0.3 is 5.97 Å². The Kier molecular flexibility index (Phi) is 4.11. The highest BCUT2D eigenvalue weighted by Crippen LogP contribution is 2.24. The van der Waals surface area contributed by atoms with Crippen LogP contribution in [0.2, 0.25) is 0 Å². The molecule has 0 bridgehead atoms. The van der Waals surface area contributed by atoms with Crippen LogP contribution in [0.3, 0.4) is 0 Å². The number of rotatable bonds is 4. The van der Waals surface area contributed by atoms with Gasteiger partial charge in [0.1, 0.15) is 16.8 Å². The maximum Gasteiger partial charge on any atom is 0.338 e. The van der Waals surface area contributed by atoms with Crippen LogP contribution >= 0.6 is 11.8 Å². The molecule has 0 aliphatic heterocycles. The Balaban J connectivity index is 2.20. The van der Waals surface area contributed by atoms with E-state index in [9.17, 15) is 4.79 Å². The van der Waals surface area contributed by atoms with E-state index in [2.05, 4.69) is 9.97 Å². The molecule has 19 heavy (non-hydrogen) atoms. The molecule has 0 unspecified atom stereocenters. The van der Waals surface area contributed by atoms with Crippen LogP contribution in [0.5, 0.6) is 0 Å². The van der Waals surface area contributed by atoms with E-state index >= 15 is 0 Å². The molecule has 1 N–H and O–H groups in total. The minimum Gasteiger partial charge on any atom is -0.478 e. The Labute approximate surface area is 113 Å². The van der Waals surface area contributed by atoms with Crippen molar-refractivity contribution in [2.75, 3.05) is 0 Å². The molecule has 0 spiro atoms. The number of nitriles is 1. The minimum atomic E-state index is -1.01. The first-order chi connectivity index (χ1) is 9.22. The van der Waals surface area contributed by atoms with Crippen LogP contribution in [-0.4, -0.2) is 21.0 Å². The minimum absolute atomic E-state index is 0.162. The van der Waals surface area contributed by atoms with Crippen LogP contribution in [0.15, 0.2) is 41.7 Å². The van der Waals surface area contributed by atoms with Crippen LogP contribution in [0.1, 0.15) is 21.6 Å². The van der Waals surface area contributed by atoms with Crippen LogP contribution in [0.4, 0.5) is 0 Å². The number of carboxylic acid groups (broad SMARTS) is 1. The molecule has 0 amide bonds. The molecule has 0 saturated heterocycles. The second kappa shape index (κ2) is 5.98. The van der Waals surface area contributed by atoms with Crippen LogP contribution in [0, 0.1) is 11.3 Å². The lowest BCUT2D eigenvalue weighted by molar-refractivity contribution is 0.0692. The molecule has 0 radical (unpaired) electrons. The largest absolute Gasteiger partial charge is 0.478 e. The summed E-state index contributed by atoms with van der Waals surface area (Å²) in [7, 11) is 0. The van der Waals surface area contributed by atoms with Gasteiger partial charge in [-0.3, -0.25) is 0 Å². The lowest BCUT2D eigenvalue weighted by Gasteiger charge is -2.05. The maximum atomic E-state index is 11.0. The number of hydrogen-bond acceptors (Lipinski definition) is 5. The van der Waals surface area contributed by atoms with E-state index in [1.54, 1.807) is 30.6 Å². The van der Waals surface area contributed by atoms with Gasteiger partial charge < -0.3 is 5.11 Å². The summed E-state index contributed by atoms with van der Waals surface area (Å²) in [5, 5.41) is 18.4. The van der Waals surface area contributed by atoms with Crippen molar-refractivity contribution in [2.45, 2.75) is 10.8 Å². The second-order valence-corrected chi connectivity index (χ2v) is 4.54. The Hall–Kier alpha value is -2.39. The lowest BCUT2D eigenvalue weighted by atomic mass is 10.2. The predicted octanol–water partition coefficient (Wildman–Crippen LogP) is 2.34. The van der Waals surface area contributed by atoms with Crippen molar-refractivity contribution in [3.8, 4) is 6.07 Å². The summed E-state index contributed by atoms with van der Waals surface area (Å²) in [5.41, 5.74) is 1.27. The molecule has 2 aromatic heterocycles. The van der Waals surface area contributed by atoms with Gasteiger partial charge in [0.05, 0.1) is 5.56 Å². The first-order valence-electron chi connectivity index (χ1n) is 5.37. The van der Waals surface area contributed by atoms with Crippen LogP contribution in [-0.2, 0) is 5.75 Å². The fraction of sp³-hybridized carbons (Fsp3) is 0.0769. The van der Waals surface area contributed by atoms with Gasteiger partial charge in [0.2, 0.25) is 0 Å². The fourth-order valence-electron chi connectivity index (χ4n) is 1.47. The van der Waals surface area contributed by atoms with E-state index < -0.39 is 5.97 Å². The smallest absolute Gasteiger partial charge is 0.338 e. The Morgan fingerprint density at radius 1 is 1.32 bits per heavy atom. The van der Waals surface area contributed by atoms with Gasteiger partial charge in [-0.25, -0.2) is 14.8 Å². The molecule has 6 heteroatoms. The molecule has 0 aliphatic carbocycles. The third kappa shape index (κ3) is 3.09. The van der Waals surface area contributed by atoms with Gasteiger partial charge in [-0.2, -0.15) is 5.26 Å². The number of carboxylic acids is 1. The highest BCUT2D eigenvalue weighted by molar-refractivity contribution is 7.98. The number of aromatic nitrogens is 2. The zero-order valence-electron chi connectivity index (χ0n) is 9.78. The quantitative estimate of drug-likeness (QED) is 0.859. The summed E-state index contributed by atoms with van der Waals surface area (Å²) in [4.78, 5) is 19.0. The molecule has 94 valence electrons. The van der Waals surface area contributed by atoms with E-state index in [1.165, 1.54) is 17.8 Å². The molecular formula is C13H9N3O2S. The predicted molar refractivity (Wildman–Crippen MR) is 69.7 cm³/mol. The Morgan fingerprint density at radius 3 is 2.79 bits per heavy atom. The topological polar surface area (TPSA) is 86.9 Å². The van der Waals surface area contributed by atoms with Gasteiger partial charge in [-0.1, -0.05) is 6.07 Å². The summed E-state index contributed by atoms with van der Waals surface area (Å²) in [6, 6.07) is 8.63. The SMILES string of the molecule is N#Cc1ncccc1CSc1ncccc1C(=O)O. The third-order valence-corrected chi connectivity index (χ3v) is 3.42. The van der Waals surface area contributed by atoms with Crippen molar-refractivity contribution in [2.24, 2.45) is 0 Å². The molecule has 2 rings (SSSR count). The van der Waals surface area contributed by atoms with Crippen molar-refractivity contribution in [1.29, 1.82) is 5.26 Å². The number of nitrogens with zero attached hydrogens (tertiary/aromatic N) is 3. The van der Waals surface area contributed by atoms with Crippen molar-refractivity contribution in [3.63, 3.8) is 0 Å². The molecule has 5 nitrogen and oxygen atoms in total. The highest BCUT2D eigenvalue weighted by Gasteiger charge is 2.12. The normalized spacial score (nSPS) is 9.84. The number of pyridine rings is 2. The fourth-order valence-corrected chi connectivity index (χ4v) is 2.44. The summed E-state index contributed by atoms with van der Waals surface area (Å²) in [5.74, 6) is -0.559. The van der Waals surface area contributed by atoms with E-state index in [4.69, 9.17) is 10.4 Å². The van der Waals surface area contributed by atoms with Crippen molar-refractivity contribution < 1.29 is 9.90 Å². The first-order valence-corrected chi connectivity index (χ1v) is 6.36. The van der Waals surface area contributed by atoms with Gasteiger partial charge in [0, 0.05) is 18.1 Å². The van der Waals surface area contributed by atoms with Gasteiger partial charge in [0.25, 0.3) is 0 Å². The summed E-state index contributed by atoms with van der Waals surface area (Å²) in [6.07, 6.45) is 3.10. The standard InChI is InChI=1S/C13H9N3O2S/c14-7-11-9(3-1-5-15-11)8-19-12-10(13(17)18)4-2-6-16-12/h1-6H,8H2,(H,17,18).